The lowest BCUT2D eigenvalue weighted by molar-refractivity contribution is 0.0954. The zero-order valence-corrected chi connectivity index (χ0v) is 9.34. The second-order valence-corrected chi connectivity index (χ2v) is 3.41. The largest absolute Gasteiger partial charge is 0.387 e. The molecule has 0 atom stereocenters. The Morgan fingerprint density at radius 3 is 2.73 bits per heavy atom. The zero-order chi connectivity index (χ0) is 11.1. The molecule has 0 unspecified atom stereocenters. The van der Waals surface area contributed by atoms with Gasteiger partial charge in [0.05, 0.1) is 5.56 Å². The van der Waals surface area contributed by atoms with Crippen molar-refractivity contribution in [1.82, 2.24) is 5.32 Å². The lowest BCUT2D eigenvalue weighted by Crippen LogP contribution is -2.25. The first-order valence-electron chi connectivity index (χ1n) is 5.34. The highest BCUT2D eigenvalue weighted by atomic mass is 16.1. The van der Waals surface area contributed by atoms with Crippen LogP contribution in [0.15, 0.2) is 24.3 Å². The number of anilines is 1. The summed E-state index contributed by atoms with van der Waals surface area (Å²) in [6.45, 7) is 2.85. The number of carbonyl (C=O) groups excluding carboxylic acids is 1. The van der Waals surface area contributed by atoms with Gasteiger partial charge < -0.3 is 10.6 Å². The van der Waals surface area contributed by atoms with Crippen LogP contribution in [0.4, 0.5) is 5.69 Å². The minimum atomic E-state index is -0.00611. The van der Waals surface area contributed by atoms with E-state index in [0.29, 0.717) is 5.56 Å². The second-order valence-electron chi connectivity index (χ2n) is 3.41. The van der Waals surface area contributed by atoms with Gasteiger partial charge in [0.2, 0.25) is 0 Å². The van der Waals surface area contributed by atoms with Crippen LogP contribution in [0.5, 0.6) is 0 Å². The number of amides is 1. The van der Waals surface area contributed by atoms with Gasteiger partial charge in [-0.1, -0.05) is 25.5 Å². The summed E-state index contributed by atoms with van der Waals surface area (Å²) in [6.07, 6.45) is 2.11. The first-order valence-corrected chi connectivity index (χ1v) is 5.34. The molecule has 0 saturated carbocycles. The molecule has 0 aliphatic heterocycles. The van der Waals surface area contributed by atoms with Crippen molar-refractivity contribution in [1.29, 1.82) is 0 Å². The third kappa shape index (κ3) is 3.27. The number of carbonyl (C=O) groups is 1. The van der Waals surface area contributed by atoms with Crippen molar-refractivity contribution in [3.05, 3.63) is 29.8 Å². The molecule has 2 N–H and O–H groups in total. The lowest BCUT2D eigenvalue weighted by Gasteiger charge is -2.08. The molecule has 0 spiro atoms. The number of rotatable bonds is 5. The van der Waals surface area contributed by atoms with E-state index in [0.717, 1.165) is 25.1 Å². The number of hydrogen-bond acceptors (Lipinski definition) is 2. The van der Waals surface area contributed by atoms with Crippen LogP contribution in [0, 0.1) is 0 Å². The van der Waals surface area contributed by atoms with Gasteiger partial charge >= 0.3 is 0 Å². The Labute approximate surface area is 90.9 Å². The fraction of sp³-hybridized carbons (Fsp3) is 0.417. The van der Waals surface area contributed by atoms with Crippen LogP contribution < -0.4 is 10.6 Å². The van der Waals surface area contributed by atoms with Gasteiger partial charge in [0, 0.05) is 19.3 Å². The highest BCUT2D eigenvalue weighted by molar-refractivity contribution is 5.99. The highest BCUT2D eigenvalue weighted by Crippen LogP contribution is 2.13. The molecular weight excluding hydrogens is 188 g/mol. The van der Waals surface area contributed by atoms with E-state index in [1.165, 1.54) is 0 Å². The summed E-state index contributed by atoms with van der Waals surface area (Å²) < 4.78 is 0. The molecule has 1 amide bonds. The molecule has 1 rings (SSSR count). The van der Waals surface area contributed by atoms with Crippen molar-refractivity contribution in [2.24, 2.45) is 0 Å². The summed E-state index contributed by atoms with van der Waals surface area (Å²) >= 11 is 0. The number of para-hydroxylation sites is 1. The average molecular weight is 206 g/mol. The molecule has 0 radical (unpaired) electrons. The molecule has 3 heteroatoms. The molecule has 0 aliphatic rings. The van der Waals surface area contributed by atoms with E-state index < -0.39 is 0 Å². The van der Waals surface area contributed by atoms with E-state index in [1.807, 2.05) is 31.3 Å². The summed E-state index contributed by atoms with van der Waals surface area (Å²) in [4.78, 5) is 11.7. The monoisotopic (exact) mass is 206 g/mol. The second kappa shape index (κ2) is 6.06. The summed E-state index contributed by atoms with van der Waals surface area (Å²) in [5, 5.41) is 5.90. The van der Waals surface area contributed by atoms with Crippen molar-refractivity contribution in [2.45, 2.75) is 19.8 Å². The Bertz CT molecular complexity index is 323. The maximum absolute atomic E-state index is 11.7. The lowest BCUT2D eigenvalue weighted by atomic mass is 10.1. The Kier molecular flexibility index (Phi) is 4.68. The average Bonchev–Trinajstić information content (AvgIpc) is 2.29. The van der Waals surface area contributed by atoms with Crippen LogP contribution in [0.1, 0.15) is 30.1 Å². The van der Waals surface area contributed by atoms with Gasteiger partial charge in [0.1, 0.15) is 0 Å². The van der Waals surface area contributed by atoms with Gasteiger partial charge in [0.25, 0.3) is 5.91 Å². The third-order valence-electron chi connectivity index (χ3n) is 2.26. The van der Waals surface area contributed by atoms with Gasteiger partial charge in [-0.3, -0.25) is 4.79 Å². The van der Waals surface area contributed by atoms with Crippen LogP contribution in [0.2, 0.25) is 0 Å². The maximum atomic E-state index is 11.7. The molecule has 82 valence electrons. The van der Waals surface area contributed by atoms with E-state index in [4.69, 9.17) is 0 Å². The molecule has 0 bridgehead atoms. The third-order valence-corrected chi connectivity index (χ3v) is 2.26. The number of unbranched alkanes of at least 4 members (excludes halogenated alkanes) is 1. The highest BCUT2D eigenvalue weighted by Gasteiger charge is 2.08. The minimum absolute atomic E-state index is 0.00611. The Morgan fingerprint density at radius 1 is 1.33 bits per heavy atom. The summed E-state index contributed by atoms with van der Waals surface area (Å²) in [5.74, 6) is -0.00611. The quantitative estimate of drug-likeness (QED) is 0.725. The van der Waals surface area contributed by atoms with E-state index in [-0.39, 0.29) is 5.91 Å². The molecule has 0 aromatic heterocycles. The zero-order valence-electron chi connectivity index (χ0n) is 9.34. The van der Waals surface area contributed by atoms with E-state index >= 15 is 0 Å². The standard InChI is InChI=1S/C12H18N2O/c1-3-4-9-14-12(15)10-7-5-6-8-11(10)13-2/h5-8,13H,3-4,9H2,1-2H3,(H,14,15). The van der Waals surface area contributed by atoms with Gasteiger partial charge in [-0.25, -0.2) is 0 Å². The minimum Gasteiger partial charge on any atom is -0.387 e. The summed E-state index contributed by atoms with van der Waals surface area (Å²) in [5.41, 5.74) is 1.57. The Hall–Kier alpha value is -1.51. The number of benzene rings is 1. The van der Waals surface area contributed by atoms with Gasteiger partial charge in [-0.2, -0.15) is 0 Å². The topological polar surface area (TPSA) is 41.1 Å². The normalized spacial score (nSPS) is 9.73. The first kappa shape index (κ1) is 11.6. The summed E-state index contributed by atoms with van der Waals surface area (Å²) in [7, 11) is 1.82. The molecule has 0 fully saturated rings. The predicted octanol–water partition coefficient (Wildman–Crippen LogP) is 2.26. The molecule has 0 saturated heterocycles. The SMILES string of the molecule is CCCCNC(=O)c1ccccc1NC. The summed E-state index contributed by atoms with van der Waals surface area (Å²) in [6, 6.07) is 7.51. The fourth-order valence-corrected chi connectivity index (χ4v) is 1.37. The first-order chi connectivity index (χ1) is 7.29. The van der Waals surface area contributed by atoms with Crippen molar-refractivity contribution in [3.63, 3.8) is 0 Å². The van der Waals surface area contributed by atoms with Crippen LogP contribution in [-0.4, -0.2) is 19.5 Å². The molecule has 15 heavy (non-hydrogen) atoms. The van der Waals surface area contributed by atoms with Crippen molar-refractivity contribution < 1.29 is 4.79 Å². The Balaban J connectivity index is 2.64. The van der Waals surface area contributed by atoms with E-state index in [9.17, 15) is 4.79 Å². The fourth-order valence-electron chi connectivity index (χ4n) is 1.37. The van der Waals surface area contributed by atoms with Gasteiger partial charge in [-0.05, 0) is 18.6 Å². The smallest absolute Gasteiger partial charge is 0.253 e. The predicted molar refractivity (Wildman–Crippen MR) is 63.2 cm³/mol. The molecule has 1 aromatic carbocycles. The van der Waals surface area contributed by atoms with Crippen LogP contribution in [0.3, 0.4) is 0 Å². The van der Waals surface area contributed by atoms with Crippen LogP contribution in [-0.2, 0) is 0 Å². The molecule has 0 aliphatic carbocycles. The molecular formula is C12H18N2O. The van der Waals surface area contributed by atoms with Crippen molar-refractivity contribution in [3.8, 4) is 0 Å². The van der Waals surface area contributed by atoms with E-state index in [2.05, 4.69) is 17.6 Å². The van der Waals surface area contributed by atoms with Crippen molar-refractivity contribution >= 4 is 11.6 Å². The maximum Gasteiger partial charge on any atom is 0.253 e. The van der Waals surface area contributed by atoms with Crippen LogP contribution in [0.25, 0.3) is 0 Å². The van der Waals surface area contributed by atoms with Crippen LogP contribution >= 0.6 is 0 Å². The van der Waals surface area contributed by atoms with Crippen molar-refractivity contribution in [2.75, 3.05) is 18.9 Å². The Morgan fingerprint density at radius 2 is 2.07 bits per heavy atom. The van der Waals surface area contributed by atoms with E-state index in [1.54, 1.807) is 0 Å². The molecule has 0 heterocycles. The van der Waals surface area contributed by atoms with Gasteiger partial charge in [-0.15, -0.1) is 0 Å². The molecule has 1 aromatic rings. The molecule has 3 nitrogen and oxygen atoms in total. The van der Waals surface area contributed by atoms with Gasteiger partial charge in [0.15, 0.2) is 0 Å². The number of nitrogens with one attached hydrogen (secondary N) is 2. The number of hydrogen-bond donors (Lipinski definition) is 2.